The number of rotatable bonds is 9. The Hall–Kier alpha value is -3.40. The van der Waals surface area contributed by atoms with Gasteiger partial charge in [0.05, 0.1) is 31.5 Å². The molecule has 3 aromatic rings. The summed E-state index contributed by atoms with van der Waals surface area (Å²) in [7, 11) is 1.58. The van der Waals surface area contributed by atoms with Crippen LogP contribution in [0.4, 0.5) is 18.9 Å². The third-order valence-corrected chi connectivity index (χ3v) is 5.65. The number of benzene rings is 2. The van der Waals surface area contributed by atoms with Crippen LogP contribution in [0.1, 0.15) is 19.0 Å². The van der Waals surface area contributed by atoms with Gasteiger partial charge in [0, 0.05) is 17.5 Å². The fourth-order valence-electron chi connectivity index (χ4n) is 3.07. The fraction of sp³-hybridized carbons (Fsp3) is 0.261. The Labute approximate surface area is 193 Å². The molecule has 0 aliphatic heterocycles. The van der Waals surface area contributed by atoms with Gasteiger partial charge < -0.3 is 15.0 Å². The minimum atomic E-state index is -1.68. The summed E-state index contributed by atoms with van der Waals surface area (Å²) in [4.78, 5) is 30.9. The largest absolute Gasteiger partial charge is 0.497 e. The zero-order chi connectivity index (χ0) is 24.0. The quantitative estimate of drug-likeness (QED) is 0.455. The van der Waals surface area contributed by atoms with Crippen LogP contribution < -0.4 is 10.1 Å². The number of thiazole rings is 1. The van der Waals surface area contributed by atoms with Crippen LogP contribution in [0.2, 0.25) is 0 Å². The normalized spacial score (nSPS) is 10.7. The lowest BCUT2D eigenvalue weighted by atomic mass is 10.2. The molecule has 174 valence electrons. The van der Waals surface area contributed by atoms with Crippen molar-refractivity contribution in [3.05, 3.63) is 64.9 Å². The van der Waals surface area contributed by atoms with Gasteiger partial charge in [0.15, 0.2) is 17.5 Å². The first-order valence-electron chi connectivity index (χ1n) is 10.1. The van der Waals surface area contributed by atoms with Gasteiger partial charge in [-0.05, 0) is 42.8 Å². The van der Waals surface area contributed by atoms with E-state index in [1.165, 1.54) is 16.2 Å². The van der Waals surface area contributed by atoms with Gasteiger partial charge in [-0.1, -0.05) is 6.92 Å². The highest BCUT2D eigenvalue weighted by atomic mass is 32.1. The number of methoxy groups -OCH3 is 1. The Morgan fingerprint density at radius 2 is 1.82 bits per heavy atom. The molecule has 0 radical (unpaired) electrons. The molecule has 2 amide bonds. The molecule has 0 fully saturated rings. The number of carbonyl (C=O) groups excluding carboxylic acids is 2. The van der Waals surface area contributed by atoms with Crippen molar-refractivity contribution in [2.24, 2.45) is 0 Å². The molecular formula is C23H22F3N3O3S. The molecule has 0 unspecified atom stereocenters. The van der Waals surface area contributed by atoms with E-state index in [0.29, 0.717) is 24.7 Å². The topological polar surface area (TPSA) is 71.5 Å². The number of anilines is 1. The Bertz CT molecular complexity index is 1140. The van der Waals surface area contributed by atoms with Crippen LogP contribution in [-0.4, -0.2) is 41.9 Å². The van der Waals surface area contributed by atoms with Crippen LogP contribution in [0.25, 0.3) is 10.6 Å². The average molecular weight is 478 g/mol. The minimum absolute atomic E-state index is 0.0144. The van der Waals surface area contributed by atoms with Gasteiger partial charge in [-0.2, -0.15) is 0 Å². The average Bonchev–Trinajstić information content (AvgIpc) is 3.27. The van der Waals surface area contributed by atoms with Crippen molar-refractivity contribution in [1.82, 2.24) is 9.88 Å². The van der Waals surface area contributed by atoms with Crippen molar-refractivity contribution in [3.8, 4) is 16.3 Å². The molecule has 0 spiro atoms. The Morgan fingerprint density at radius 1 is 1.09 bits per heavy atom. The monoisotopic (exact) mass is 477 g/mol. The minimum Gasteiger partial charge on any atom is -0.497 e. The van der Waals surface area contributed by atoms with E-state index in [-0.39, 0.29) is 18.9 Å². The number of nitrogens with zero attached hydrogens (tertiary/aromatic N) is 2. The Balaban J connectivity index is 1.64. The van der Waals surface area contributed by atoms with Crippen LogP contribution in [0.5, 0.6) is 5.75 Å². The number of hydrogen-bond acceptors (Lipinski definition) is 5. The smallest absolute Gasteiger partial charge is 0.244 e. The van der Waals surface area contributed by atoms with Gasteiger partial charge in [-0.25, -0.2) is 18.2 Å². The van der Waals surface area contributed by atoms with Gasteiger partial charge >= 0.3 is 0 Å². The number of amides is 2. The first-order valence-corrected chi connectivity index (χ1v) is 11.0. The molecule has 3 rings (SSSR count). The third-order valence-electron chi connectivity index (χ3n) is 4.71. The molecule has 10 heteroatoms. The Kier molecular flexibility index (Phi) is 8.05. The van der Waals surface area contributed by atoms with Crippen molar-refractivity contribution < 1.29 is 27.5 Å². The molecule has 0 aliphatic rings. The predicted octanol–water partition coefficient (Wildman–Crippen LogP) is 4.66. The van der Waals surface area contributed by atoms with Gasteiger partial charge in [0.25, 0.3) is 0 Å². The van der Waals surface area contributed by atoms with Crippen LogP contribution in [0, 0.1) is 17.5 Å². The molecule has 1 N–H and O–H groups in total. The Morgan fingerprint density at radius 3 is 2.48 bits per heavy atom. The summed E-state index contributed by atoms with van der Waals surface area (Å²) < 4.78 is 45.4. The molecular weight excluding hydrogens is 455 g/mol. The second kappa shape index (κ2) is 11.0. The van der Waals surface area contributed by atoms with Crippen molar-refractivity contribution in [3.63, 3.8) is 0 Å². The highest BCUT2D eigenvalue weighted by molar-refractivity contribution is 7.13. The maximum atomic E-state index is 13.8. The molecule has 0 saturated carbocycles. The number of hydrogen-bond donors (Lipinski definition) is 1. The summed E-state index contributed by atoms with van der Waals surface area (Å²) in [5.41, 5.74) is 0.952. The molecule has 33 heavy (non-hydrogen) atoms. The summed E-state index contributed by atoms with van der Waals surface area (Å²) in [5.74, 6) is -4.85. The van der Waals surface area contributed by atoms with E-state index in [0.717, 1.165) is 22.4 Å². The fourth-order valence-corrected chi connectivity index (χ4v) is 3.89. The summed E-state index contributed by atoms with van der Waals surface area (Å²) in [6, 6.07) is 9.01. The van der Waals surface area contributed by atoms with E-state index in [2.05, 4.69) is 10.3 Å². The third kappa shape index (κ3) is 6.10. The standard InChI is InChI=1S/C23H22F3N3O3S/c1-3-10-29(12-19(30)28-18-9-8-17(24)21(25)22(18)26)20(31)11-15-13-33-23(27-15)14-4-6-16(32-2)7-5-14/h4-9,13H,3,10-12H2,1-2H3,(H,28,30). The zero-order valence-electron chi connectivity index (χ0n) is 18.0. The second-order valence-corrected chi connectivity index (χ2v) is 7.99. The molecule has 1 aromatic heterocycles. The summed E-state index contributed by atoms with van der Waals surface area (Å²) >= 11 is 1.39. The van der Waals surface area contributed by atoms with Gasteiger partial charge in [-0.15, -0.1) is 11.3 Å². The SMILES string of the molecule is CCCN(CC(=O)Nc1ccc(F)c(F)c1F)C(=O)Cc1csc(-c2ccc(OC)cc2)n1. The lowest BCUT2D eigenvalue weighted by molar-refractivity contribution is -0.134. The van der Waals surface area contributed by atoms with Crippen LogP contribution >= 0.6 is 11.3 Å². The molecule has 6 nitrogen and oxygen atoms in total. The number of nitrogens with one attached hydrogen (secondary N) is 1. The van der Waals surface area contributed by atoms with E-state index in [9.17, 15) is 22.8 Å². The molecule has 0 saturated heterocycles. The van der Waals surface area contributed by atoms with E-state index in [1.54, 1.807) is 12.5 Å². The van der Waals surface area contributed by atoms with Gasteiger partial charge in [-0.3, -0.25) is 9.59 Å². The van der Waals surface area contributed by atoms with E-state index in [1.807, 2.05) is 31.2 Å². The van der Waals surface area contributed by atoms with Crippen molar-refractivity contribution in [2.45, 2.75) is 19.8 Å². The zero-order valence-corrected chi connectivity index (χ0v) is 18.8. The summed E-state index contributed by atoms with van der Waals surface area (Å²) in [6.45, 7) is 1.78. The van der Waals surface area contributed by atoms with E-state index >= 15 is 0 Å². The lowest BCUT2D eigenvalue weighted by Gasteiger charge is -2.21. The van der Waals surface area contributed by atoms with Gasteiger partial charge in [0.2, 0.25) is 11.8 Å². The van der Waals surface area contributed by atoms with Crippen molar-refractivity contribution in [2.75, 3.05) is 25.5 Å². The summed E-state index contributed by atoms with van der Waals surface area (Å²) in [5, 5.41) is 4.70. The van der Waals surface area contributed by atoms with Crippen LogP contribution in [0.3, 0.4) is 0 Å². The number of halogens is 3. The van der Waals surface area contributed by atoms with Gasteiger partial charge in [0.1, 0.15) is 10.8 Å². The molecule has 2 aromatic carbocycles. The van der Waals surface area contributed by atoms with Crippen LogP contribution in [-0.2, 0) is 16.0 Å². The molecule has 0 atom stereocenters. The first-order chi connectivity index (χ1) is 15.8. The maximum Gasteiger partial charge on any atom is 0.244 e. The van der Waals surface area contributed by atoms with E-state index in [4.69, 9.17) is 4.74 Å². The number of carbonyl (C=O) groups is 2. The molecule has 0 aliphatic carbocycles. The summed E-state index contributed by atoms with van der Waals surface area (Å²) in [6.07, 6.45) is 0.576. The lowest BCUT2D eigenvalue weighted by Crippen LogP contribution is -2.39. The second-order valence-electron chi connectivity index (χ2n) is 7.14. The van der Waals surface area contributed by atoms with Crippen LogP contribution in [0.15, 0.2) is 41.8 Å². The van der Waals surface area contributed by atoms with E-state index < -0.39 is 29.0 Å². The number of aromatic nitrogens is 1. The maximum absolute atomic E-state index is 13.8. The highest BCUT2D eigenvalue weighted by Gasteiger charge is 2.20. The first kappa shape index (κ1) is 24.2. The highest BCUT2D eigenvalue weighted by Crippen LogP contribution is 2.26. The number of ether oxygens (including phenoxy) is 1. The molecule has 1 heterocycles. The van der Waals surface area contributed by atoms with Crippen molar-refractivity contribution in [1.29, 1.82) is 0 Å². The predicted molar refractivity (Wildman–Crippen MR) is 120 cm³/mol. The molecule has 0 bridgehead atoms. The van der Waals surface area contributed by atoms with Crippen molar-refractivity contribution >= 4 is 28.8 Å².